The van der Waals surface area contributed by atoms with E-state index in [1.807, 2.05) is 0 Å². The second kappa shape index (κ2) is 5.03. The molecule has 5 heteroatoms. The molecule has 16 heavy (non-hydrogen) atoms. The molecule has 1 aromatic carbocycles. The van der Waals surface area contributed by atoms with Crippen molar-refractivity contribution < 1.29 is 23.4 Å². The maximum Gasteiger partial charge on any atom is 0.332 e. The van der Waals surface area contributed by atoms with Gasteiger partial charge in [-0.05, 0) is 6.92 Å². The molecule has 0 aromatic heterocycles. The summed E-state index contributed by atoms with van der Waals surface area (Å²) in [4.78, 5) is 10.4. The molecule has 0 fully saturated rings. The molecule has 0 aliphatic rings. The molecule has 1 N–H and O–H groups in total. The van der Waals surface area contributed by atoms with Crippen LogP contribution in [0.5, 0.6) is 0 Å². The van der Waals surface area contributed by atoms with E-state index in [9.17, 15) is 13.6 Å². The fourth-order valence-corrected chi connectivity index (χ4v) is 1.07. The van der Waals surface area contributed by atoms with Crippen molar-refractivity contribution in [2.24, 2.45) is 0 Å². The van der Waals surface area contributed by atoms with Crippen molar-refractivity contribution in [1.82, 2.24) is 0 Å². The molecule has 0 amide bonds. The molecule has 0 aliphatic carbocycles. The lowest BCUT2D eigenvalue weighted by atomic mass is 10.1. The predicted molar refractivity (Wildman–Crippen MR) is 53.4 cm³/mol. The Kier molecular flexibility index (Phi) is 3.95. The van der Waals surface area contributed by atoms with Gasteiger partial charge in [-0.3, -0.25) is 0 Å². The largest absolute Gasteiger partial charge is 0.479 e. The molecule has 0 bridgehead atoms. The zero-order chi connectivity index (χ0) is 12.2. The molecule has 0 radical (unpaired) electrons. The Morgan fingerprint density at radius 1 is 1.44 bits per heavy atom. The third-order valence-electron chi connectivity index (χ3n) is 2.06. The average molecular weight is 230 g/mol. The van der Waals surface area contributed by atoms with Gasteiger partial charge in [0.2, 0.25) is 0 Å². The van der Waals surface area contributed by atoms with E-state index >= 15 is 0 Å². The minimum atomic E-state index is -3.18. The summed E-state index contributed by atoms with van der Waals surface area (Å²) in [5, 5.41) is 8.48. The second-order valence-corrected chi connectivity index (χ2v) is 3.36. The summed E-state index contributed by atoms with van der Waals surface area (Å²) in [5.74, 6) is -4.44. The van der Waals surface area contributed by atoms with Crippen LogP contribution in [0.1, 0.15) is 12.5 Å². The highest BCUT2D eigenvalue weighted by Gasteiger charge is 2.33. The summed E-state index contributed by atoms with van der Waals surface area (Å²) in [5.41, 5.74) is -0.187. The Hall–Kier alpha value is -1.49. The van der Waals surface area contributed by atoms with Gasteiger partial charge in [-0.1, -0.05) is 30.3 Å². The van der Waals surface area contributed by atoms with Crippen LogP contribution in [0.4, 0.5) is 8.78 Å². The first-order valence-electron chi connectivity index (χ1n) is 4.71. The van der Waals surface area contributed by atoms with Crippen molar-refractivity contribution in [3.8, 4) is 0 Å². The van der Waals surface area contributed by atoms with Gasteiger partial charge in [-0.25, -0.2) is 4.79 Å². The van der Waals surface area contributed by atoms with Crippen molar-refractivity contribution in [2.75, 3.05) is 6.61 Å². The highest BCUT2D eigenvalue weighted by atomic mass is 19.3. The van der Waals surface area contributed by atoms with Crippen LogP contribution in [-0.2, 0) is 15.5 Å². The highest BCUT2D eigenvalue weighted by Crippen LogP contribution is 2.28. The Bertz CT molecular complexity index is 352. The predicted octanol–water partition coefficient (Wildman–Crippen LogP) is 2.27. The van der Waals surface area contributed by atoms with E-state index in [2.05, 4.69) is 4.74 Å². The van der Waals surface area contributed by atoms with Gasteiger partial charge in [-0.2, -0.15) is 8.78 Å². The topological polar surface area (TPSA) is 46.5 Å². The van der Waals surface area contributed by atoms with E-state index < -0.39 is 24.6 Å². The minimum absolute atomic E-state index is 0.187. The summed E-state index contributed by atoms with van der Waals surface area (Å²) >= 11 is 0. The minimum Gasteiger partial charge on any atom is -0.479 e. The van der Waals surface area contributed by atoms with E-state index in [1.165, 1.54) is 31.2 Å². The number of hydrogen-bond acceptors (Lipinski definition) is 2. The maximum atomic E-state index is 13.5. The van der Waals surface area contributed by atoms with Crippen LogP contribution in [0.15, 0.2) is 30.3 Å². The normalized spacial score (nSPS) is 13.4. The number of ether oxygens (including phenoxy) is 1. The SMILES string of the molecule is C[C@@H](OCC(F)(F)c1ccccc1)C(=O)O. The average Bonchev–Trinajstić information content (AvgIpc) is 2.27. The first-order chi connectivity index (χ1) is 7.43. The summed E-state index contributed by atoms with van der Waals surface area (Å²) in [6, 6.07) is 7.15. The fraction of sp³-hybridized carbons (Fsp3) is 0.364. The monoisotopic (exact) mass is 230 g/mol. The summed E-state index contributed by atoms with van der Waals surface area (Å²) < 4.78 is 31.5. The van der Waals surface area contributed by atoms with Crippen molar-refractivity contribution in [3.63, 3.8) is 0 Å². The summed E-state index contributed by atoms with van der Waals surface area (Å²) in [6.45, 7) is 0.272. The van der Waals surface area contributed by atoms with Gasteiger partial charge in [0.25, 0.3) is 5.92 Å². The smallest absolute Gasteiger partial charge is 0.332 e. The van der Waals surface area contributed by atoms with Gasteiger partial charge >= 0.3 is 5.97 Å². The van der Waals surface area contributed by atoms with Crippen molar-refractivity contribution in [3.05, 3.63) is 35.9 Å². The number of benzene rings is 1. The molecular formula is C11H12F2O3. The van der Waals surface area contributed by atoms with Gasteiger partial charge in [0.1, 0.15) is 6.61 Å². The van der Waals surface area contributed by atoms with E-state index in [4.69, 9.17) is 5.11 Å². The van der Waals surface area contributed by atoms with E-state index in [-0.39, 0.29) is 5.56 Å². The van der Waals surface area contributed by atoms with Crippen molar-refractivity contribution in [2.45, 2.75) is 19.0 Å². The molecule has 0 aliphatic heterocycles. The van der Waals surface area contributed by atoms with Gasteiger partial charge in [0, 0.05) is 5.56 Å². The van der Waals surface area contributed by atoms with Crippen LogP contribution >= 0.6 is 0 Å². The van der Waals surface area contributed by atoms with Crippen LogP contribution in [0, 0.1) is 0 Å². The Balaban J connectivity index is 2.62. The lowest BCUT2D eigenvalue weighted by Gasteiger charge is -2.18. The lowest BCUT2D eigenvalue weighted by molar-refractivity contribution is -0.157. The first kappa shape index (κ1) is 12.6. The third-order valence-corrected chi connectivity index (χ3v) is 2.06. The zero-order valence-electron chi connectivity index (χ0n) is 8.69. The molecule has 0 spiro atoms. The molecule has 1 aromatic rings. The highest BCUT2D eigenvalue weighted by molar-refractivity contribution is 5.71. The quantitative estimate of drug-likeness (QED) is 0.844. The second-order valence-electron chi connectivity index (χ2n) is 3.36. The molecule has 1 atom stereocenters. The van der Waals surface area contributed by atoms with E-state index in [0.29, 0.717) is 0 Å². The van der Waals surface area contributed by atoms with Crippen LogP contribution in [0.3, 0.4) is 0 Å². The number of carboxylic acid groups (broad SMARTS) is 1. The van der Waals surface area contributed by atoms with E-state index in [0.717, 1.165) is 0 Å². The number of alkyl halides is 2. The molecule has 0 heterocycles. The standard InChI is InChI=1S/C11H12F2O3/c1-8(10(14)15)16-7-11(12,13)9-5-3-2-4-6-9/h2-6,8H,7H2,1H3,(H,14,15)/t8-/m1/s1. The molecule has 0 unspecified atom stereocenters. The molecule has 88 valence electrons. The van der Waals surface area contributed by atoms with E-state index in [1.54, 1.807) is 6.07 Å². The number of carbonyl (C=O) groups is 1. The number of halogens is 2. The van der Waals surface area contributed by atoms with Gasteiger partial charge in [-0.15, -0.1) is 0 Å². The van der Waals surface area contributed by atoms with Crippen LogP contribution in [0.2, 0.25) is 0 Å². The van der Waals surface area contributed by atoms with Crippen LogP contribution < -0.4 is 0 Å². The molecule has 3 nitrogen and oxygen atoms in total. The Morgan fingerprint density at radius 3 is 2.50 bits per heavy atom. The number of aliphatic carboxylic acids is 1. The van der Waals surface area contributed by atoms with Gasteiger partial charge in [0.05, 0.1) is 0 Å². The first-order valence-corrected chi connectivity index (χ1v) is 4.71. The third kappa shape index (κ3) is 3.27. The zero-order valence-corrected chi connectivity index (χ0v) is 8.69. The van der Waals surface area contributed by atoms with Gasteiger partial charge < -0.3 is 9.84 Å². The molecular weight excluding hydrogens is 218 g/mol. The van der Waals surface area contributed by atoms with Gasteiger partial charge in [0.15, 0.2) is 6.10 Å². The van der Waals surface area contributed by atoms with Crippen LogP contribution in [-0.4, -0.2) is 23.8 Å². The molecule has 0 saturated carbocycles. The maximum absolute atomic E-state index is 13.5. The Labute approximate surface area is 91.7 Å². The van der Waals surface area contributed by atoms with Crippen LogP contribution in [0.25, 0.3) is 0 Å². The number of rotatable bonds is 5. The molecule has 0 saturated heterocycles. The fourth-order valence-electron chi connectivity index (χ4n) is 1.07. The lowest BCUT2D eigenvalue weighted by Crippen LogP contribution is -2.28. The summed E-state index contributed by atoms with van der Waals surface area (Å²) in [7, 11) is 0. The molecule has 1 rings (SSSR count). The number of hydrogen-bond donors (Lipinski definition) is 1. The number of carboxylic acids is 1. The van der Waals surface area contributed by atoms with Crippen molar-refractivity contribution in [1.29, 1.82) is 0 Å². The summed E-state index contributed by atoms with van der Waals surface area (Å²) in [6.07, 6.45) is -1.24. The van der Waals surface area contributed by atoms with Crippen molar-refractivity contribution >= 4 is 5.97 Å². The Morgan fingerprint density at radius 2 is 2.00 bits per heavy atom.